The molecule has 136 valence electrons. The quantitative estimate of drug-likeness (QED) is 0.838. The van der Waals surface area contributed by atoms with Crippen LogP contribution in [0.5, 0.6) is 5.75 Å². The van der Waals surface area contributed by atoms with Gasteiger partial charge in [0, 0.05) is 0 Å². The number of carbonyl (C=O) groups is 1. The van der Waals surface area contributed by atoms with Crippen molar-refractivity contribution in [3.63, 3.8) is 0 Å². The smallest absolute Gasteiger partial charge is 0.422 e. The summed E-state index contributed by atoms with van der Waals surface area (Å²) >= 11 is 0. The molecule has 0 aliphatic heterocycles. The molecule has 3 N–H and O–H groups in total. The van der Waals surface area contributed by atoms with Crippen LogP contribution >= 0.6 is 12.4 Å². The number of benzene rings is 1. The molecule has 0 radical (unpaired) electrons. The molecule has 0 aromatic heterocycles. The summed E-state index contributed by atoms with van der Waals surface area (Å²) in [7, 11) is 0. The van der Waals surface area contributed by atoms with E-state index in [0.717, 1.165) is 18.4 Å². The molecule has 1 aromatic carbocycles. The van der Waals surface area contributed by atoms with E-state index in [1.54, 1.807) is 12.1 Å². The molecule has 4 nitrogen and oxygen atoms in total. The number of nitrogens with one attached hydrogen (secondary N) is 1. The zero-order valence-electron chi connectivity index (χ0n) is 13.4. The highest BCUT2D eigenvalue weighted by Gasteiger charge is 2.37. The van der Waals surface area contributed by atoms with Crippen LogP contribution in [0, 0.1) is 0 Å². The average Bonchev–Trinajstić information content (AvgIpc) is 2.93. The van der Waals surface area contributed by atoms with Crippen LogP contribution in [0.3, 0.4) is 0 Å². The fourth-order valence-corrected chi connectivity index (χ4v) is 2.67. The molecule has 0 heterocycles. The van der Waals surface area contributed by atoms with E-state index in [2.05, 4.69) is 10.1 Å². The molecule has 1 atom stereocenters. The Labute approximate surface area is 145 Å². The minimum absolute atomic E-state index is 0. The second kappa shape index (κ2) is 8.07. The molecule has 1 fully saturated rings. The van der Waals surface area contributed by atoms with E-state index < -0.39 is 18.3 Å². The van der Waals surface area contributed by atoms with E-state index in [1.807, 2.05) is 6.92 Å². The Hall–Kier alpha value is -1.47. The van der Waals surface area contributed by atoms with Gasteiger partial charge in [0.15, 0.2) is 6.61 Å². The molecule has 1 aliphatic carbocycles. The largest absolute Gasteiger partial charge is 0.484 e. The summed E-state index contributed by atoms with van der Waals surface area (Å²) in [4.78, 5) is 12.2. The number of hydrogen-bond donors (Lipinski definition) is 2. The number of carbonyl (C=O) groups excluding carboxylic acids is 1. The van der Waals surface area contributed by atoms with E-state index in [0.29, 0.717) is 12.8 Å². The topological polar surface area (TPSA) is 64.4 Å². The predicted molar refractivity (Wildman–Crippen MR) is 87.2 cm³/mol. The van der Waals surface area contributed by atoms with Gasteiger partial charge in [0.2, 0.25) is 5.91 Å². The Kier molecular flexibility index (Phi) is 6.92. The number of alkyl halides is 3. The van der Waals surface area contributed by atoms with Crippen LogP contribution < -0.4 is 15.8 Å². The number of halogens is 4. The van der Waals surface area contributed by atoms with E-state index in [1.165, 1.54) is 12.1 Å². The lowest BCUT2D eigenvalue weighted by Crippen LogP contribution is -2.52. The molecule has 1 amide bonds. The Morgan fingerprint density at radius 1 is 1.29 bits per heavy atom. The fraction of sp³-hybridized carbons (Fsp3) is 0.562. The molecule has 1 aliphatic rings. The number of nitrogens with two attached hydrogens (primary N) is 1. The van der Waals surface area contributed by atoms with Crippen molar-refractivity contribution >= 4 is 18.3 Å². The lowest BCUT2D eigenvalue weighted by atomic mass is 9.97. The van der Waals surface area contributed by atoms with Crippen molar-refractivity contribution in [2.75, 3.05) is 6.61 Å². The van der Waals surface area contributed by atoms with Crippen LogP contribution in [-0.4, -0.2) is 24.2 Å². The van der Waals surface area contributed by atoms with Crippen LogP contribution in [0.4, 0.5) is 13.2 Å². The molecule has 0 saturated heterocycles. The molecule has 1 aromatic rings. The minimum atomic E-state index is -4.36. The normalized spacial score (nSPS) is 17.7. The Bertz CT molecular complexity index is 543. The van der Waals surface area contributed by atoms with E-state index in [4.69, 9.17) is 5.73 Å². The first-order valence-corrected chi connectivity index (χ1v) is 7.59. The summed E-state index contributed by atoms with van der Waals surface area (Å²) in [5.74, 6) is -0.0458. The Balaban J connectivity index is 0.00000288. The lowest BCUT2D eigenvalue weighted by molar-refractivity contribution is -0.153. The molecule has 0 bridgehead atoms. The van der Waals surface area contributed by atoms with Crippen molar-refractivity contribution in [2.24, 2.45) is 5.73 Å². The maximum atomic E-state index is 12.2. The van der Waals surface area contributed by atoms with Crippen LogP contribution in [0.2, 0.25) is 0 Å². The van der Waals surface area contributed by atoms with Crippen LogP contribution in [-0.2, 0) is 4.79 Å². The highest BCUT2D eigenvalue weighted by molar-refractivity contribution is 5.86. The van der Waals surface area contributed by atoms with Gasteiger partial charge in [-0.3, -0.25) is 4.79 Å². The number of hydrogen-bond acceptors (Lipinski definition) is 3. The first kappa shape index (κ1) is 20.6. The van der Waals surface area contributed by atoms with Crippen molar-refractivity contribution in [1.82, 2.24) is 5.32 Å². The predicted octanol–water partition coefficient (Wildman–Crippen LogP) is 3.50. The number of ether oxygens (including phenoxy) is 1. The van der Waals surface area contributed by atoms with Crippen molar-refractivity contribution in [2.45, 2.75) is 50.4 Å². The molecular formula is C16H22ClF3N2O2. The molecule has 0 spiro atoms. The maximum Gasteiger partial charge on any atom is 0.422 e. The van der Waals surface area contributed by atoms with E-state index >= 15 is 0 Å². The van der Waals surface area contributed by atoms with Crippen molar-refractivity contribution < 1.29 is 22.7 Å². The van der Waals surface area contributed by atoms with Gasteiger partial charge in [0.25, 0.3) is 0 Å². The lowest BCUT2D eigenvalue weighted by Gasteiger charge is -2.25. The average molecular weight is 367 g/mol. The van der Waals surface area contributed by atoms with Gasteiger partial charge < -0.3 is 15.8 Å². The van der Waals surface area contributed by atoms with Crippen LogP contribution in [0.25, 0.3) is 0 Å². The molecule has 24 heavy (non-hydrogen) atoms. The van der Waals surface area contributed by atoms with Crippen molar-refractivity contribution in [3.05, 3.63) is 29.8 Å². The van der Waals surface area contributed by atoms with Gasteiger partial charge in [-0.15, -0.1) is 12.4 Å². The molecule has 1 unspecified atom stereocenters. The van der Waals surface area contributed by atoms with Gasteiger partial charge in [-0.2, -0.15) is 13.2 Å². The zero-order valence-corrected chi connectivity index (χ0v) is 14.2. The second-order valence-electron chi connectivity index (χ2n) is 6.03. The third-order valence-electron chi connectivity index (χ3n) is 4.08. The summed E-state index contributed by atoms with van der Waals surface area (Å²) in [5, 5.41) is 2.87. The van der Waals surface area contributed by atoms with Gasteiger partial charge in [0.1, 0.15) is 5.75 Å². The first-order valence-electron chi connectivity index (χ1n) is 7.59. The van der Waals surface area contributed by atoms with Gasteiger partial charge in [-0.25, -0.2) is 0 Å². The van der Waals surface area contributed by atoms with Crippen molar-refractivity contribution in [3.8, 4) is 5.75 Å². The van der Waals surface area contributed by atoms with Crippen LogP contribution in [0.15, 0.2) is 24.3 Å². The summed E-state index contributed by atoms with van der Waals surface area (Å²) in [6, 6.07) is 5.90. The third-order valence-corrected chi connectivity index (χ3v) is 4.08. The van der Waals surface area contributed by atoms with Gasteiger partial charge in [-0.05, 0) is 37.5 Å². The van der Waals surface area contributed by atoms with Gasteiger partial charge >= 0.3 is 6.18 Å². The Morgan fingerprint density at radius 2 is 1.83 bits per heavy atom. The monoisotopic (exact) mass is 366 g/mol. The van der Waals surface area contributed by atoms with Gasteiger partial charge in [0.05, 0.1) is 11.6 Å². The summed E-state index contributed by atoms with van der Waals surface area (Å²) in [6.45, 7) is 0.482. The number of amides is 1. The maximum absolute atomic E-state index is 12.2. The van der Waals surface area contributed by atoms with Crippen molar-refractivity contribution in [1.29, 1.82) is 0 Å². The summed E-state index contributed by atoms with van der Waals surface area (Å²) in [5.41, 5.74) is 6.07. The fourth-order valence-electron chi connectivity index (χ4n) is 2.67. The molecule has 1 saturated carbocycles. The second-order valence-corrected chi connectivity index (χ2v) is 6.03. The summed E-state index contributed by atoms with van der Waals surface area (Å²) in [6.07, 6.45) is -1.12. The van der Waals surface area contributed by atoms with E-state index in [-0.39, 0.29) is 30.1 Å². The third kappa shape index (κ3) is 5.56. The Morgan fingerprint density at radius 3 is 2.33 bits per heavy atom. The van der Waals surface area contributed by atoms with E-state index in [9.17, 15) is 18.0 Å². The highest BCUT2D eigenvalue weighted by atomic mass is 35.5. The SMILES string of the molecule is CC(NC(=O)C1(N)CCCC1)c1ccc(OCC(F)(F)F)cc1.Cl. The molecular weight excluding hydrogens is 345 g/mol. The highest BCUT2D eigenvalue weighted by Crippen LogP contribution is 2.28. The number of rotatable bonds is 5. The van der Waals surface area contributed by atoms with Gasteiger partial charge in [-0.1, -0.05) is 25.0 Å². The first-order chi connectivity index (χ1) is 10.7. The minimum Gasteiger partial charge on any atom is -0.484 e. The standard InChI is InChI=1S/C16H21F3N2O2.ClH/c1-11(21-14(22)15(20)8-2-3-9-15)12-4-6-13(7-5-12)23-10-16(17,18)19;/h4-7,11H,2-3,8-10,20H2,1H3,(H,21,22);1H. The molecule has 2 rings (SSSR count). The molecule has 8 heteroatoms. The van der Waals surface area contributed by atoms with Crippen LogP contribution in [0.1, 0.15) is 44.2 Å². The zero-order chi connectivity index (χ0) is 17.1. The summed E-state index contributed by atoms with van der Waals surface area (Å²) < 4.78 is 40.9.